The zero-order chi connectivity index (χ0) is 15.5. The van der Waals surface area contributed by atoms with Gasteiger partial charge >= 0.3 is 6.18 Å². The molecule has 0 saturated carbocycles. The molecular formula is C12H12BrF3N4S. The third-order valence-corrected chi connectivity index (χ3v) is 4.39. The number of nitrogens with one attached hydrogen (secondary N) is 2. The predicted octanol–water partition coefficient (Wildman–Crippen LogP) is 4.36. The Morgan fingerprint density at radius 3 is 2.43 bits per heavy atom. The van der Waals surface area contributed by atoms with Crippen molar-refractivity contribution in [2.45, 2.75) is 19.6 Å². The molecule has 0 aliphatic heterocycles. The fraction of sp³-hybridized carbons (Fsp3) is 0.333. The van der Waals surface area contributed by atoms with Crippen LogP contribution in [-0.4, -0.2) is 16.5 Å². The van der Waals surface area contributed by atoms with Crippen LogP contribution in [0.25, 0.3) is 0 Å². The number of anilines is 2. The van der Waals surface area contributed by atoms with Gasteiger partial charge in [0.25, 0.3) is 0 Å². The van der Waals surface area contributed by atoms with E-state index in [0.29, 0.717) is 13.1 Å². The first-order valence-electron chi connectivity index (χ1n) is 6.06. The largest absolute Gasteiger partial charge is 0.451 e. The molecule has 0 saturated heterocycles. The van der Waals surface area contributed by atoms with Gasteiger partial charge in [0.15, 0.2) is 0 Å². The molecule has 114 valence electrons. The van der Waals surface area contributed by atoms with Gasteiger partial charge in [-0.05, 0) is 34.3 Å². The SMILES string of the molecule is CCNc1cc(NCc2sccc2Br)nc(C(F)(F)F)n1. The number of thiophene rings is 1. The second-order valence-electron chi connectivity index (χ2n) is 4.04. The lowest BCUT2D eigenvalue weighted by molar-refractivity contribution is -0.144. The molecule has 0 aliphatic rings. The minimum atomic E-state index is -4.58. The zero-order valence-electron chi connectivity index (χ0n) is 11.0. The van der Waals surface area contributed by atoms with Gasteiger partial charge in [-0.3, -0.25) is 0 Å². The summed E-state index contributed by atoms with van der Waals surface area (Å²) in [6.07, 6.45) is -4.58. The van der Waals surface area contributed by atoms with Crippen LogP contribution in [0, 0.1) is 0 Å². The molecule has 2 rings (SSSR count). The van der Waals surface area contributed by atoms with Crippen LogP contribution in [0.5, 0.6) is 0 Å². The van der Waals surface area contributed by atoms with Crippen molar-refractivity contribution in [2.24, 2.45) is 0 Å². The summed E-state index contributed by atoms with van der Waals surface area (Å²) in [6, 6.07) is 3.34. The van der Waals surface area contributed by atoms with Crippen molar-refractivity contribution in [2.75, 3.05) is 17.2 Å². The molecule has 0 unspecified atom stereocenters. The van der Waals surface area contributed by atoms with E-state index in [0.717, 1.165) is 9.35 Å². The Morgan fingerprint density at radius 2 is 1.90 bits per heavy atom. The normalized spacial score (nSPS) is 11.5. The third kappa shape index (κ3) is 4.31. The van der Waals surface area contributed by atoms with E-state index in [2.05, 4.69) is 36.5 Å². The summed E-state index contributed by atoms with van der Waals surface area (Å²) in [7, 11) is 0. The molecule has 0 bridgehead atoms. The maximum Gasteiger partial charge on any atom is 0.451 e. The van der Waals surface area contributed by atoms with Gasteiger partial charge in [0, 0.05) is 22.0 Å². The van der Waals surface area contributed by atoms with Gasteiger partial charge in [0.05, 0.1) is 6.54 Å². The average molecular weight is 381 g/mol. The van der Waals surface area contributed by atoms with E-state index in [1.165, 1.54) is 17.4 Å². The van der Waals surface area contributed by atoms with Crippen LogP contribution in [-0.2, 0) is 12.7 Å². The highest BCUT2D eigenvalue weighted by Crippen LogP contribution is 2.29. The summed E-state index contributed by atoms with van der Waals surface area (Å²) in [5, 5.41) is 7.55. The summed E-state index contributed by atoms with van der Waals surface area (Å²) in [5.41, 5.74) is 0. The van der Waals surface area contributed by atoms with E-state index < -0.39 is 12.0 Å². The molecule has 0 radical (unpaired) electrons. The Bertz CT molecular complexity index is 615. The second-order valence-corrected chi connectivity index (χ2v) is 5.89. The second kappa shape index (κ2) is 6.61. The Balaban J connectivity index is 2.21. The lowest BCUT2D eigenvalue weighted by Gasteiger charge is -2.12. The van der Waals surface area contributed by atoms with Crippen molar-refractivity contribution in [1.82, 2.24) is 9.97 Å². The molecule has 0 amide bonds. The molecule has 21 heavy (non-hydrogen) atoms. The zero-order valence-corrected chi connectivity index (χ0v) is 13.4. The number of hydrogen-bond donors (Lipinski definition) is 2. The van der Waals surface area contributed by atoms with Crippen molar-refractivity contribution >= 4 is 38.9 Å². The summed E-state index contributed by atoms with van der Waals surface area (Å²) < 4.78 is 39.3. The molecule has 2 aromatic heterocycles. The molecule has 9 heteroatoms. The van der Waals surface area contributed by atoms with Crippen molar-refractivity contribution in [3.8, 4) is 0 Å². The Labute approximate surface area is 131 Å². The number of hydrogen-bond acceptors (Lipinski definition) is 5. The van der Waals surface area contributed by atoms with Gasteiger partial charge in [-0.25, -0.2) is 9.97 Å². The number of halogens is 4. The van der Waals surface area contributed by atoms with Crippen LogP contribution in [0.1, 0.15) is 17.6 Å². The molecule has 0 fully saturated rings. The minimum absolute atomic E-state index is 0.133. The van der Waals surface area contributed by atoms with Crippen LogP contribution < -0.4 is 10.6 Å². The topological polar surface area (TPSA) is 49.8 Å². The highest BCUT2D eigenvalue weighted by atomic mass is 79.9. The molecule has 0 spiro atoms. The van der Waals surface area contributed by atoms with Crippen molar-refractivity contribution in [1.29, 1.82) is 0 Å². The molecule has 4 nitrogen and oxygen atoms in total. The minimum Gasteiger partial charge on any atom is -0.370 e. The first kappa shape index (κ1) is 16.0. The Hall–Kier alpha value is -1.35. The number of rotatable bonds is 5. The standard InChI is InChI=1S/C12H12BrF3N4S/c1-2-17-9-5-10(20-11(19-9)12(14,15)16)18-6-8-7(13)3-4-21-8/h3-5H,2,6H2,1H3,(H2,17,18,19,20). The smallest absolute Gasteiger partial charge is 0.370 e. The molecule has 0 atom stereocenters. The maximum absolute atomic E-state index is 12.8. The van der Waals surface area contributed by atoms with Gasteiger partial charge in [-0.1, -0.05) is 0 Å². The lowest BCUT2D eigenvalue weighted by Crippen LogP contribution is -2.15. The van der Waals surface area contributed by atoms with Crippen molar-refractivity contribution in [3.63, 3.8) is 0 Å². The van der Waals surface area contributed by atoms with Gasteiger partial charge < -0.3 is 10.6 Å². The molecule has 0 aromatic carbocycles. The highest BCUT2D eigenvalue weighted by molar-refractivity contribution is 9.10. The van der Waals surface area contributed by atoms with E-state index in [4.69, 9.17) is 0 Å². The molecular weight excluding hydrogens is 369 g/mol. The third-order valence-electron chi connectivity index (χ3n) is 2.46. The molecule has 2 heterocycles. The van der Waals surface area contributed by atoms with E-state index >= 15 is 0 Å². The first-order valence-corrected chi connectivity index (χ1v) is 7.73. The number of nitrogens with zero attached hydrogens (tertiary/aromatic N) is 2. The molecule has 2 aromatic rings. The fourth-order valence-electron chi connectivity index (χ4n) is 1.56. The van der Waals surface area contributed by atoms with Crippen LogP contribution in [0.3, 0.4) is 0 Å². The first-order chi connectivity index (χ1) is 9.90. The van der Waals surface area contributed by atoms with Gasteiger partial charge in [0.1, 0.15) is 11.6 Å². The monoisotopic (exact) mass is 380 g/mol. The summed E-state index contributed by atoms with van der Waals surface area (Å²) in [6.45, 7) is 2.65. The molecule has 0 aliphatic carbocycles. The van der Waals surface area contributed by atoms with Crippen LogP contribution in [0.2, 0.25) is 0 Å². The lowest BCUT2D eigenvalue weighted by atomic mass is 10.4. The van der Waals surface area contributed by atoms with E-state index in [1.54, 1.807) is 6.92 Å². The average Bonchev–Trinajstić information content (AvgIpc) is 2.81. The van der Waals surface area contributed by atoms with E-state index in [1.807, 2.05) is 11.4 Å². The van der Waals surface area contributed by atoms with E-state index in [-0.39, 0.29) is 11.6 Å². The summed E-state index contributed by atoms with van der Waals surface area (Å²) in [4.78, 5) is 7.96. The van der Waals surface area contributed by atoms with Crippen molar-refractivity contribution < 1.29 is 13.2 Å². The number of aromatic nitrogens is 2. The predicted molar refractivity (Wildman–Crippen MR) is 80.5 cm³/mol. The Kier molecular flexibility index (Phi) is 5.04. The number of alkyl halides is 3. The van der Waals surface area contributed by atoms with Crippen LogP contribution in [0.15, 0.2) is 22.0 Å². The van der Waals surface area contributed by atoms with Gasteiger partial charge in [-0.2, -0.15) is 13.2 Å². The van der Waals surface area contributed by atoms with Crippen LogP contribution in [0.4, 0.5) is 24.8 Å². The van der Waals surface area contributed by atoms with E-state index in [9.17, 15) is 13.2 Å². The fourth-order valence-corrected chi connectivity index (χ4v) is 2.99. The summed E-state index contributed by atoms with van der Waals surface area (Å²) in [5.74, 6) is -0.880. The van der Waals surface area contributed by atoms with Gasteiger partial charge in [0.2, 0.25) is 5.82 Å². The Morgan fingerprint density at radius 1 is 1.24 bits per heavy atom. The molecule has 2 N–H and O–H groups in total. The summed E-state index contributed by atoms with van der Waals surface area (Å²) >= 11 is 4.87. The quantitative estimate of drug-likeness (QED) is 0.808. The highest BCUT2D eigenvalue weighted by Gasteiger charge is 2.35. The van der Waals surface area contributed by atoms with Crippen molar-refractivity contribution in [3.05, 3.63) is 32.7 Å². The van der Waals surface area contributed by atoms with Gasteiger partial charge in [-0.15, -0.1) is 11.3 Å². The maximum atomic E-state index is 12.8. The van der Waals surface area contributed by atoms with Crippen LogP contribution >= 0.6 is 27.3 Å².